The molecule has 1 aliphatic heterocycles. The minimum Gasteiger partial charge on any atom is -0.294 e. The van der Waals surface area contributed by atoms with Gasteiger partial charge in [0.2, 0.25) is 5.91 Å². The molecule has 0 unspecified atom stereocenters. The van der Waals surface area contributed by atoms with Crippen molar-refractivity contribution in [2.24, 2.45) is 0 Å². The van der Waals surface area contributed by atoms with E-state index >= 15 is 0 Å². The van der Waals surface area contributed by atoms with Gasteiger partial charge in [-0.15, -0.1) is 21.5 Å². The standard InChI is InChI=1S/C19H23N7O2S/c1-13-12-29-18(20-13)10-16(27)22-23-17(28)11-25-8-5-14(6-9-25)19-24-21-15-4-2-3-7-26(15)19/h2-4,7,12,14H,5-6,8-11H2,1H3,(H,22,27)(H,23,28). The van der Waals surface area contributed by atoms with Crippen molar-refractivity contribution in [3.05, 3.63) is 46.3 Å². The van der Waals surface area contributed by atoms with Crippen LogP contribution in [0.3, 0.4) is 0 Å². The maximum Gasteiger partial charge on any atom is 0.252 e. The zero-order valence-corrected chi connectivity index (χ0v) is 17.0. The molecule has 4 heterocycles. The number of aryl methyl sites for hydroxylation is 1. The fourth-order valence-electron chi connectivity index (χ4n) is 3.54. The summed E-state index contributed by atoms with van der Waals surface area (Å²) in [6.07, 6.45) is 3.98. The number of hydrogen-bond donors (Lipinski definition) is 2. The van der Waals surface area contributed by atoms with Crippen LogP contribution in [-0.2, 0) is 16.0 Å². The lowest BCUT2D eigenvalue weighted by molar-refractivity contribution is -0.129. The largest absolute Gasteiger partial charge is 0.294 e. The van der Waals surface area contributed by atoms with Gasteiger partial charge in [-0.3, -0.25) is 29.7 Å². The molecule has 0 aliphatic carbocycles. The average molecular weight is 414 g/mol. The fourth-order valence-corrected chi connectivity index (χ4v) is 4.31. The highest BCUT2D eigenvalue weighted by Crippen LogP contribution is 2.26. The summed E-state index contributed by atoms with van der Waals surface area (Å²) in [5.74, 6) is 0.813. The quantitative estimate of drug-likeness (QED) is 0.606. The van der Waals surface area contributed by atoms with Gasteiger partial charge in [0.25, 0.3) is 5.91 Å². The van der Waals surface area contributed by atoms with E-state index in [-0.39, 0.29) is 24.8 Å². The smallest absolute Gasteiger partial charge is 0.252 e. The third-order valence-electron chi connectivity index (χ3n) is 4.98. The first-order valence-electron chi connectivity index (χ1n) is 9.59. The molecule has 0 spiro atoms. The lowest BCUT2D eigenvalue weighted by Gasteiger charge is -2.30. The van der Waals surface area contributed by atoms with Crippen LogP contribution in [0.1, 0.15) is 35.3 Å². The zero-order valence-electron chi connectivity index (χ0n) is 16.2. The minimum atomic E-state index is -0.273. The number of piperidine rings is 1. The van der Waals surface area contributed by atoms with Crippen LogP contribution in [0.15, 0.2) is 29.8 Å². The molecule has 0 bridgehead atoms. The molecule has 1 fully saturated rings. The molecule has 10 heteroatoms. The molecule has 0 aromatic carbocycles. The molecule has 3 aromatic heterocycles. The highest BCUT2D eigenvalue weighted by atomic mass is 32.1. The monoisotopic (exact) mass is 413 g/mol. The van der Waals surface area contributed by atoms with Gasteiger partial charge >= 0.3 is 0 Å². The highest BCUT2D eigenvalue weighted by Gasteiger charge is 2.25. The van der Waals surface area contributed by atoms with Crippen LogP contribution in [0.4, 0.5) is 0 Å². The Balaban J connectivity index is 1.21. The molecule has 1 saturated heterocycles. The second kappa shape index (κ2) is 8.66. The second-order valence-corrected chi connectivity index (χ2v) is 8.14. The van der Waals surface area contributed by atoms with E-state index in [9.17, 15) is 9.59 Å². The van der Waals surface area contributed by atoms with E-state index in [1.165, 1.54) is 11.3 Å². The Morgan fingerprint density at radius 2 is 1.97 bits per heavy atom. The molecule has 4 rings (SSSR count). The topological polar surface area (TPSA) is 105 Å². The summed E-state index contributed by atoms with van der Waals surface area (Å²) in [6.45, 7) is 3.73. The van der Waals surface area contributed by atoms with E-state index in [0.717, 1.165) is 48.1 Å². The number of amides is 2. The predicted octanol–water partition coefficient (Wildman–Crippen LogP) is 1.06. The number of carbonyl (C=O) groups is 2. The maximum absolute atomic E-state index is 12.2. The van der Waals surface area contributed by atoms with Crippen LogP contribution in [0.5, 0.6) is 0 Å². The van der Waals surface area contributed by atoms with E-state index < -0.39 is 0 Å². The predicted molar refractivity (Wildman–Crippen MR) is 108 cm³/mol. The molecule has 0 atom stereocenters. The van der Waals surface area contributed by atoms with Gasteiger partial charge in [-0.2, -0.15) is 0 Å². The van der Waals surface area contributed by atoms with Crippen molar-refractivity contribution in [3.8, 4) is 0 Å². The van der Waals surface area contributed by atoms with Crippen molar-refractivity contribution in [1.29, 1.82) is 0 Å². The van der Waals surface area contributed by atoms with Gasteiger partial charge in [-0.25, -0.2) is 4.98 Å². The molecular formula is C19H23N7O2S. The highest BCUT2D eigenvalue weighted by molar-refractivity contribution is 7.09. The number of aromatic nitrogens is 4. The van der Waals surface area contributed by atoms with E-state index in [1.807, 2.05) is 41.1 Å². The molecule has 0 saturated carbocycles. The summed E-state index contributed by atoms with van der Waals surface area (Å²) in [5, 5.41) is 11.2. The van der Waals surface area contributed by atoms with Gasteiger partial charge in [0, 0.05) is 23.2 Å². The van der Waals surface area contributed by atoms with E-state index in [1.54, 1.807) is 0 Å². The molecule has 9 nitrogen and oxygen atoms in total. The van der Waals surface area contributed by atoms with Gasteiger partial charge < -0.3 is 0 Å². The first-order valence-corrected chi connectivity index (χ1v) is 10.5. The molecular weight excluding hydrogens is 390 g/mol. The second-order valence-electron chi connectivity index (χ2n) is 7.19. The van der Waals surface area contributed by atoms with Crippen molar-refractivity contribution in [1.82, 2.24) is 35.3 Å². The first-order chi connectivity index (χ1) is 14.1. The van der Waals surface area contributed by atoms with Gasteiger partial charge in [0.05, 0.1) is 13.0 Å². The van der Waals surface area contributed by atoms with Crippen molar-refractivity contribution in [2.75, 3.05) is 19.6 Å². The van der Waals surface area contributed by atoms with Crippen molar-refractivity contribution < 1.29 is 9.59 Å². The molecule has 0 radical (unpaired) electrons. The molecule has 3 aromatic rings. The normalized spacial score (nSPS) is 15.5. The Hall–Kier alpha value is -2.85. The van der Waals surface area contributed by atoms with Crippen molar-refractivity contribution >= 4 is 28.8 Å². The van der Waals surface area contributed by atoms with Crippen molar-refractivity contribution in [3.63, 3.8) is 0 Å². The number of rotatable bonds is 5. The molecule has 2 amide bonds. The third kappa shape index (κ3) is 4.77. The SMILES string of the molecule is Cc1csc(CC(=O)NNC(=O)CN2CCC(c3nnc4ccccn34)CC2)n1. The van der Waals surface area contributed by atoms with Crippen LogP contribution < -0.4 is 10.9 Å². The Labute approximate surface area is 172 Å². The number of hydrogen-bond acceptors (Lipinski definition) is 7. The number of nitrogens with one attached hydrogen (secondary N) is 2. The van der Waals surface area contributed by atoms with Gasteiger partial charge in [-0.1, -0.05) is 6.07 Å². The molecule has 152 valence electrons. The summed E-state index contributed by atoms with van der Waals surface area (Å²) in [5.41, 5.74) is 6.70. The van der Waals surface area contributed by atoms with Gasteiger partial charge in [0.1, 0.15) is 10.8 Å². The Kier molecular flexibility index (Phi) is 5.81. The number of thiazole rings is 1. The van der Waals surface area contributed by atoms with E-state index in [4.69, 9.17) is 0 Å². The zero-order chi connectivity index (χ0) is 20.2. The number of nitrogens with zero attached hydrogens (tertiary/aromatic N) is 5. The van der Waals surface area contributed by atoms with Gasteiger partial charge in [-0.05, 0) is 45.0 Å². The molecule has 2 N–H and O–H groups in total. The number of likely N-dealkylation sites (tertiary alicyclic amines) is 1. The lowest BCUT2D eigenvalue weighted by atomic mass is 9.96. The van der Waals surface area contributed by atoms with Crippen LogP contribution in [0, 0.1) is 6.92 Å². The van der Waals surface area contributed by atoms with Crippen LogP contribution >= 0.6 is 11.3 Å². The number of fused-ring (bicyclic) bond motifs is 1. The van der Waals surface area contributed by atoms with Crippen LogP contribution in [-0.4, -0.2) is 55.9 Å². The summed E-state index contributed by atoms with van der Waals surface area (Å²) < 4.78 is 2.03. The number of pyridine rings is 1. The molecule has 29 heavy (non-hydrogen) atoms. The van der Waals surface area contributed by atoms with E-state index in [0.29, 0.717) is 5.92 Å². The third-order valence-corrected chi connectivity index (χ3v) is 5.95. The minimum absolute atomic E-state index is 0.163. The fraction of sp³-hybridized carbons (Fsp3) is 0.421. The van der Waals surface area contributed by atoms with Crippen LogP contribution in [0.25, 0.3) is 5.65 Å². The molecule has 1 aliphatic rings. The van der Waals surface area contributed by atoms with Crippen LogP contribution in [0.2, 0.25) is 0 Å². The maximum atomic E-state index is 12.2. The average Bonchev–Trinajstić information content (AvgIpc) is 3.33. The first kappa shape index (κ1) is 19.5. The van der Waals surface area contributed by atoms with Crippen molar-refractivity contribution in [2.45, 2.75) is 32.1 Å². The summed E-state index contributed by atoms with van der Waals surface area (Å²) in [7, 11) is 0. The van der Waals surface area contributed by atoms with Gasteiger partial charge in [0.15, 0.2) is 5.65 Å². The number of carbonyl (C=O) groups excluding carboxylic acids is 2. The summed E-state index contributed by atoms with van der Waals surface area (Å²) in [4.78, 5) is 30.4. The summed E-state index contributed by atoms with van der Waals surface area (Å²) in [6, 6.07) is 5.87. The van der Waals surface area contributed by atoms with E-state index in [2.05, 4.69) is 30.9 Å². The number of hydrazine groups is 1. The Morgan fingerprint density at radius 1 is 1.17 bits per heavy atom. The lowest BCUT2D eigenvalue weighted by Crippen LogP contribution is -2.48. The Bertz CT molecular complexity index is 1010. The summed E-state index contributed by atoms with van der Waals surface area (Å²) >= 11 is 1.44. The Morgan fingerprint density at radius 3 is 2.72 bits per heavy atom.